The number of fused-ring (bicyclic) bond motifs is 1. The van der Waals surface area contributed by atoms with Gasteiger partial charge in [-0.05, 0) is 12.1 Å². The molecule has 1 atom stereocenters. The number of hydrogen-bond donors (Lipinski definition) is 1. The summed E-state index contributed by atoms with van der Waals surface area (Å²) in [5.74, 6) is -3.50. The Morgan fingerprint density at radius 2 is 1.80 bits per heavy atom. The molecule has 7 heteroatoms. The molecule has 1 saturated heterocycles. The second-order valence-corrected chi connectivity index (χ2v) is 4.73. The largest absolute Gasteiger partial charge is 0.374 e. The van der Waals surface area contributed by atoms with Gasteiger partial charge in [-0.2, -0.15) is 0 Å². The number of rotatable bonds is 2. The third kappa shape index (κ3) is 2.08. The third-order valence-electron chi connectivity index (χ3n) is 3.40. The van der Waals surface area contributed by atoms with E-state index >= 15 is 0 Å². The smallest absolute Gasteiger partial charge is 0.261 e. The minimum Gasteiger partial charge on any atom is -0.374 e. The summed E-state index contributed by atoms with van der Waals surface area (Å²) in [6.45, 7) is 1.81. The number of carbonyl (C=O) groups is 2. The van der Waals surface area contributed by atoms with Crippen molar-refractivity contribution in [3.05, 3.63) is 34.9 Å². The number of imide groups is 1. The van der Waals surface area contributed by atoms with Crippen molar-refractivity contribution in [1.29, 1.82) is 0 Å². The third-order valence-corrected chi connectivity index (χ3v) is 3.40. The average Bonchev–Trinajstić information content (AvgIpc) is 2.66. The topological polar surface area (TPSA) is 58.6 Å². The molecule has 2 aliphatic heterocycles. The quantitative estimate of drug-likeness (QED) is 0.805. The van der Waals surface area contributed by atoms with E-state index in [1.54, 1.807) is 0 Å². The van der Waals surface area contributed by atoms with E-state index in [-0.39, 0.29) is 23.8 Å². The number of hydrogen-bond acceptors (Lipinski definition) is 4. The summed E-state index contributed by atoms with van der Waals surface area (Å²) < 4.78 is 31.8. The predicted octanol–water partition coefficient (Wildman–Crippen LogP) is 0.549. The summed E-state index contributed by atoms with van der Waals surface area (Å²) >= 11 is 0. The highest BCUT2D eigenvalue weighted by Gasteiger charge is 2.38. The zero-order valence-corrected chi connectivity index (χ0v) is 10.5. The first kappa shape index (κ1) is 13.1. The molecule has 0 bridgehead atoms. The summed E-state index contributed by atoms with van der Waals surface area (Å²) in [5, 5.41) is 3.08. The summed E-state index contributed by atoms with van der Waals surface area (Å²) in [6.07, 6.45) is -0.305. The van der Waals surface area contributed by atoms with E-state index in [2.05, 4.69) is 5.32 Å². The molecular weight excluding hydrogens is 270 g/mol. The molecule has 106 valence electrons. The van der Waals surface area contributed by atoms with Gasteiger partial charge in [-0.3, -0.25) is 14.5 Å². The molecule has 2 amide bonds. The zero-order chi connectivity index (χ0) is 14.3. The van der Waals surface area contributed by atoms with Gasteiger partial charge in [0.2, 0.25) is 0 Å². The number of morpholine rings is 1. The minimum absolute atomic E-state index is 0.0720. The molecule has 1 aromatic carbocycles. The maximum absolute atomic E-state index is 13.2. The maximum atomic E-state index is 13.2. The summed E-state index contributed by atoms with van der Waals surface area (Å²) in [5.41, 5.74) is -0.199. The first-order valence-electron chi connectivity index (χ1n) is 6.25. The van der Waals surface area contributed by atoms with Gasteiger partial charge in [0.25, 0.3) is 11.8 Å². The van der Waals surface area contributed by atoms with Crippen molar-refractivity contribution in [3.63, 3.8) is 0 Å². The molecule has 1 aromatic rings. The minimum atomic E-state index is -1.14. The van der Waals surface area contributed by atoms with Gasteiger partial charge in [0.15, 0.2) is 11.6 Å². The van der Waals surface area contributed by atoms with Crippen LogP contribution in [0.15, 0.2) is 12.1 Å². The Kier molecular flexibility index (Phi) is 3.23. The van der Waals surface area contributed by atoms with Crippen molar-refractivity contribution in [2.75, 3.05) is 26.2 Å². The van der Waals surface area contributed by atoms with Crippen LogP contribution in [0.25, 0.3) is 0 Å². The first-order valence-corrected chi connectivity index (χ1v) is 6.25. The number of nitrogens with one attached hydrogen (secondary N) is 1. The Morgan fingerprint density at radius 1 is 1.20 bits per heavy atom. The molecule has 0 radical (unpaired) electrons. The predicted molar refractivity (Wildman–Crippen MR) is 64.3 cm³/mol. The molecule has 0 aromatic heterocycles. The van der Waals surface area contributed by atoms with Gasteiger partial charge in [-0.1, -0.05) is 0 Å². The molecule has 0 aliphatic carbocycles. The van der Waals surface area contributed by atoms with E-state index in [1.807, 2.05) is 0 Å². The molecular formula is C13H12F2N2O3. The van der Waals surface area contributed by atoms with Gasteiger partial charge in [-0.15, -0.1) is 0 Å². The zero-order valence-electron chi connectivity index (χ0n) is 10.5. The van der Waals surface area contributed by atoms with E-state index in [4.69, 9.17) is 4.74 Å². The number of halogens is 2. The standard InChI is InChI=1S/C13H12F2N2O3/c14-10-3-8-9(4-11(10)15)13(19)17(12(8)18)6-7-5-16-1-2-20-7/h3-4,7,16H,1-2,5-6H2. The van der Waals surface area contributed by atoms with Crippen LogP contribution in [-0.2, 0) is 4.74 Å². The van der Waals surface area contributed by atoms with Crippen LogP contribution in [-0.4, -0.2) is 49.1 Å². The Labute approximate surface area is 113 Å². The van der Waals surface area contributed by atoms with Crippen LogP contribution in [0.3, 0.4) is 0 Å². The summed E-state index contributed by atoms with van der Waals surface area (Å²) in [7, 11) is 0. The van der Waals surface area contributed by atoms with Crippen LogP contribution >= 0.6 is 0 Å². The highest BCUT2D eigenvalue weighted by molar-refractivity contribution is 6.21. The number of ether oxygens (including phenoxy) is 1. The van der Waals surface area contributed by atoms with E-state index in [0.29, 0.717) is 13.2 Å². The maximum Gasteiger partial charge on any atom is 0.261 e. The van der Waals surface area contributed by atoms with Crippen LogP contribution in [0.5, 0.6) is 0 Å². The number of benzene rings is 1. The van der Waals surface area contributed by atoms with E-state index in [1.165, 1.54) is 0 Å². The number of nitrogens with zero attached hydrogens (tertiary/aromatic N) is 1. The van der Waals surface area contributed by atoms with Gasteiger partial charge in [0, 0.05) is 13.1 Å². The monoisotopic (exact) mass is 282 g/mol. The van der Waals surface area contributed by atoms with E-state index < -0.39 is 23.4 Å². The molecule has 2 aliphatic rings. The SMILES string of the molecule is O=C1c2cc(F)c(F)cc2C(=O)N1CC1CNCCO1. The lowest BCUT2D eigenvalue weighted by Gasteiger charge is -2.26. The lowest BCUT2D eigenvalue weighted by Crippen LogP contribution is -2.46. The fraction of sp³-hybridized carbons (Fsp3) is 0.385. The molecule has 3 rings (SSSR count). The second-order valence-electron chi connectivity index (χ2n) is 4.73. The molecule has 5 nitrogen and oxygen atoms in total. The van der Waals surface area contributed by atoms with Crippen molar-refractivity contribution in [2.24, 2.45) is 0 Å². The Morgan fingerprint density at radius 3 is 2.30 bits per heavy atom. The van der Waals surface area contributed by atoms with Crippen molar-refractivity contribution in [2.45, 2.75) is 6.10 Å². The normalized spacial score (nSPS) is 22.3. The first-order chi connectivity index (χ1) is 9.58. The van der Waals surface area contributed by atoms with Crippen LogP contribution < -0.4 is 5.32 Å². The lowest BCUT2D eigenvalue weighted by molar-refractivity contribution is 0.00861. The van der Waals surface area contributed by atoms with Crippen LogP contribution in [0.4, 0.5) is 8.78 Å². The van der Waals surface area contributed by atoms with Crippen LogP contribution in [0.1, 0.15) is 20.7 Å². The Bertz CT molecular complexity index is 544. The van der Waals surface area contributed by atoms with Crippen LogP contribution in [0.2, 0.25) is 0 Å². The summed E-state index contributed by atoms with van der Waals surface area (Å²) in [4.78, 5) is 25.1. The lowest BCUT2D eigenvalue weighted by atomic mass is 10.1. The van der Waals surface area contributed by atoms with Crippen molar-refractivity contribution < 1.29 is 23.1 Å². The average molecular weight is 282 g/mol. The molecule has 1 fully saturated rings. The fourth-order valence-corrected chi connectivity index (χ4v) is 2.39. The van der Waals surface area contributed by atoms with Crippen LogP contribution in [0, 0.1) is 11.6 Å². The molecule has 1 N–H and O–H groups in total. The Balaban J connectivity index is 1.85. The summed E-state index contributed by atoms with van der Waals surface area (Å²) in [6, 6.07) is 1.54. The Hall–Kier alpha value is -1.86. The highest BCUT2D eigenvalue weighted by atomic mass is 19.2. The molecule has 1 unspecified atom stereocenters. The van der Waals surface area contributed by atoms with Gasteiger partial charge >= 0.3 is 0 Å². The van der Waals surface area contributed by atoms with E-state index in [9.17, 15) is 18.4 Å². The van der Waals surface area contributed by atoms with Gasteiger partial charge in [-0.25, -0.2) is 8.78 Å². The van der Waals surface area contributed by atoms with Crippen molar-refractivity contribution >= 4 is 11.8 Å². The van der Waals surface area contributed by atoms with Gasteiger partial charge < -0.3 is 10.1 Å². The highest BCUT2D eigenvalue weighted by Crippen LogP contribution is 2.25. The van der Waals surface area contributed by atoms with Crippen molar-refractivity contribution in [1.82, 2.24) is 10.2 Å². The molecule has 0 saturated carbocycles. The van der Waals surface area contributed by atoms with Gasteiger partial charge in [0.1, 0.15) is 0 Å². The second kappa shape index (κ2) is 4.92. The molecule has 20 heavy (non-hydrogen) atoms. The number of carbonyl (C=O) groups excluding carboxylic acids is 2. The van der Waals surface area contributed by atoms with E-state index in [0.717, 1.165) is 23.6 Å². The fourth-order valence-electron chi connectivity index (χ4n) is 2.39. The number of amides is 2. The molecule has 2 heterocycles. The molecule has 0 spiro atoms. The van der Waals surface area contributed by atoms with Crippen molar-refractivity contribution in [3.8, 4) is 0 Å². The van der Waals surface area contributed by atoms with Gasteiger partial charge in [0.05, 0.1) is 30.4 Å².